The number of benzene rings is 2. The summed E-state index contributed by atoms with van der Waals surface area (Å²) in [6, 6.07) is 14.3. The molecule has 11 heteroatoms. The number of nitrogens with zero attached hydrogens (tertiary/aromatic N) is 4. The average Bonchev–Trinajstić information content (AvgIpc) is 2.95. The van der Waals surface area contributed by atoms with Crippen LogP contribution < -0.4 is 14.4 Å². The number of carbonyl (C=O) groups excluding carboxylic acids is 2. The van der Waals surface area contributed by atoms with Crippen molar-refractivity contribution in [2.75, 3.05) is 57.9 Å². The summed E-state index contributed by atoms with van der Waals surface area (Å²) in [5.74, 6) is -0.157. The van der Waals surface area contributed by atoms with Crippen molar-refractivity contribution in [3.8, 4) is 16.9 Å². The lowest BCUT2D eigenvalue weighted by Gasteiger charge is -2.37. The number of ether oxygens (including phenoxy) is 2. The first-order valence-electron chi connectivity index (χ1n) is 12.6. The van der Waals surface area contributed by atoms with Gasteiger partial charge < -0.3 is 19.6 Å². The van der Waals surface area contributed by atoms with Crippen molar-refractivity contribution in [3.63, 3.8) is 0 Å². The van der Waals surface area contributed by atoms with E-state index in [0.717, 1.165) is 34.5 Å². The van der Waals surface area contributed by atoms with Gasteiger partial charge >= 0.3 is 0 Å². The van der Waals surface area contributed by atoms with Crippen LogP contribution in [0.3, 0.4) is 0 Å². The Hall–Kier alpha value is -3.37. The van der Waals surface area contributed by atoms with E-state index in [2.05, 4.69) is 4.90 Å². The Morgan fingerprint density at radius 2 is 1.69 bits per heavy atom. The lowest BCUT2D eigenvalue weighted by molar-refractivity contribution is -0.605. The van der Waals surface area contributed by atoms with Gasteiger partial charge in [-0.05, 0) is 22.8 Å². The van der Waals surface area contributed by atoms with Gasteiger partial charge in [0.15, 0.2) is 19.0 Å². The summed E-state index contributed by atoms with van der Waals surface area (Å²) in [6.07, 6.45) is 2.92. The highest BCUT2D eigenvalue weighted by atomic mass is 35.5. The Balaban J connectivity index is 1.39. The zero-order valence-electron chi connectivity index (χ0n) is 21.4. The molecule has 0 radical (unpaired) electrons. The number of anilines is 1. The van der Waals surface area contributed by atoms with Crippen LogP contribution in [0.25, 0.3) is 11.1 Å². The van der Waals surface area contributed by atoms with Gasteiger partial charge in [0.1, 0.15) is 12.3 Å². The second kappa shape index (κ2) is 11.8. The Morgan fingerprint density at radius 1 is 1.05 bits per heavy atom. The fourth-order valence-corrected chi connectivity index (χ4v) is 5.08. The number of aromatic nitrogens is 1. The molecule has 3 heterocycles. The van der Waals surface area contributed by atoms with Crippen LogP contribution in [0.15, 0.2) is 60.9 Å². The van der Waals surface area contributed by atoms with E-state index in [-0.39, 0.29) is 36.0 Å². The number of hydrogen-bond donors (Lipinski definition) is 0. The van der Waals surface area contributed by atoms with Crippen LogP contribution in [-0.4, -0.2) is 74.7 Å². The molecule has 2 amide bonds. The van der Waals surface area contributed by atoms with Gasteiger partial charge in [-0.25, -0.2) is 0 Å². The number of hydrogen-bond acceptors (Lipinski definition) is 6. The van der Waals surface area contributed by atoms with Crippen LogP contribution in [0.5, 0.6) is 5.75 Å². The van der Waals surface area contributed by atoms with Crippen molar-refractivity contribution in [1.82, 2.24) is 9.80 Å². The molecule has 2 aliphatic heterocycles. The monoisotopic (exact) mass is 570 g/mol. The lowest BCUT2D eigenvalue weighted by Crippen LogP contribution is -2.48. The largest absolute Gasteiger partial charge is 0.619 e. The molecule has 1 fully saturated rings. The fourth-order valence-electron chi connectivity index (χ4n) is 4.77. The Kier molecular flexibility index (Phi) is 8.23. The number of rotatable bonds is 7. The molecule has 1 aromatic heterocycles. The van der Waals surface area contributed by atoms with Crippen LogP contribution in [-0.2, 0) is 14.3 Å². The quantitative estimate of drug-likeness (QED) is 0.319. The summed E-state index contributed by atoms with van der Waals surface area (Å²) >= 11 is 12.3. The zero-order chi connectivity index (χ0) is 27.5. The average molecular weight is 571 g/mol. The van der Waals surface area contributed by atoms with Gasteiger partial charge in [-0.15, -0.1) is 0 Å². The zero-order valence-corrected chi connectivity index (χ0v) is 22.9. The summed E-state index contributed by atoms with van der Waals surface area (Å²) in [5.41, 5.74) is 3.26. The molecule has 0 aliphatic carbocycles. The molecule has 0 N–H and O–H groups in total. The standard InChI is InChI=1S/C28H28Cl2N4O5/c1-31(27(35)17-34-24-14-22(29)23(30)15-26(24)39-18-28(34)36)25(16-32-10-12-38-13-11-32)21-4-2-19(3-5-21)20-6-8-33(37)9-7-20/h2-9,14-15,25H,10-13,16-18H2,1H3. The maximum absolute atomic E-state index is 13.7. The molecule has 1 saturated heterocycles. The van der Waals surface area contributed by atoms with Crippen molar-refractivity contribution < 1.29 is 23.8 Å². The first kappa shape index (κ1) is 27.2. The van der Waals surface area contributed by atoms with E-state index in [1.165, 1.54) is 17.3 Å². The topological polar surface area (TPSA) is 89.3 Å². The normalized spacial score (nSPS) is 16.4. The molecule has 1 unspecified atom stereocenters. The molecule has 3 aromatic rings. The molecule has 2 aliphatic rings. The molecule has 39 heavy (non-hydrogen) atoms. The van der Waals surface area contributed by atoms with Crippen molar-refractivity contribution in [2.24, 2.45) is 0 Å². The first-order valence-corrected chi connectivity index (χ1v) is 13.3. The molecular formula is C28H28Cl2N4O5. The molecule has 1 atom stereocenters. The van der Waals surface area contributed by atoms with Crippen LogP contribution in [0.2, 0.25) is 10.0 Å². The summed E-state index contributed by atoms with van der Waals surface area (Å²) in [4.78, 5) is 31.8. The van der Waals surface area contributed by atoms with Gasteiger partial charge in [-0.2, -0.15) is 4.73 Å². The molecule has 9 nitrogen and oxygen atoms in total. The molecule has 0 spiro atoms. The van der Waals surface area contributed by atoms with Gasteiger partial charge in [0.2, 0.25) is 5.91 Å². The Labute approximate surface area is 236 Å². The van der Waals surface area contributed by atoms with Gasteiger partial charge in [0, 0.05) is 44.9 Å². The maximum atomic E-state index is 13.7. The summed E-state index contributed by atoms with van der Waals surface area (Å²) < 4.78 is 11.8. The third kappa shape index (κ3) is 6.12. The predicted molar refractivity (Wildman–Crippen MR) is 148 cm³/mol. The van der Waals surface area contributed by atoms with E-state index in [0.29, 0.717) is 36.2 Å². The molecule has 0 saturated carbocycles. The molecule has 0 bridgehead atoms. The van der Waals surface area contributed by atoms with E-state index < -0.39 is 0 Å². The lowest BCUT2D eigenvalue weighted by atomic mass is 10.00. The Bertz CT molecular complexity index is 1350. The van der Waals surface area contributed by atoms with Crippen molar-refractivity contribution in [1.29, 1.82) is 0 Å². The van der Waals surface area contributed by atoms with E-state index >= 15 is 0 Å². The number of likely N-dealkylation sites (N-methyl/N-ethyl adjacent to an activating group) is 1. The number of amides is 2. The molecule has 204 valence electrons. The highest BCUT2D eigenvalue weighted by molar-refractivity contribution is 6.42. The van der Waals surface area contributed by atoms with E-state index in [1.54, 1.807) is 36.2 Å². The second-order valence-electron chi connectivity index (χ2n) is 9.50. The van der Waals surface area contributed by atoms with Crippen LogP contribution in [0, 0.1) is 5.21 Å². The fraction of sp³-hybridized carbons (Fsp3) is 0.321. The predicted octanol–water partition coefficient (Wildman–Crippen LogP) is 3.55. The van der Waals surface area contributed by atoms with Gasteiger partial charge in [0.25, 0.3) is 5.91 Å². The summed E-state index contributed by atoms with van der Waals surface area (Å²) in [7, 11) is 1.76. The maximum Gasteiger partial charge on any atom is 0.265 e. The summed E-state index contributed by atoms with van der Waals surface area (Å²) in [5, 5.41) is 12.0. The highest BCUT2D eigenvalue weighted by Gasteiger charge is 2.32. The van der Waals surface area contributed by atoms with Crippen molar-refractivity contribution in [3.05, 3.63) is 81.7 Å². The van der Waals surface area contributed by atoms with E-state index in [4.69, 9.17) is 32.7 Å². The number of halogens is 2. The first-order chi connectivity index (χ1) is 18.8. The highest BCUT2D eigenvalue weighted by Crippen LogP contribution is 2.39. The van der Waals surface area contributed by atoms with E-state index in [9.17, 15) is 14.8 Å². The van der Waals surface area contributed by atoms with E-state index in [1.807, 2.05) is 24.3 Å². The van der Waals surface area contributed by atoms with Crippen molar-refractivity contribution in [2.45, 2.75) is 6.04 Å². The van der Waals surface area contributed by atoms with Crippen LogP contribution in [0.1, 0.15) is 11.6 Å². The minimum Gasteiger partial charge on any atom is -0.619 e. The minimum atomic E-state index is -0.334. The van der Waals surface area contributed by atoms with Gasteiger partial charge in [-0.3, -0.25) is 19.4 Å². The van der Waals surface area contributed by atoms with Crippen LogP contribution >= 0.6 is 23.2 Å². The second-order valence-corrected chi connectivity index (χ2v) is 10.3. The summed E-state index contributed by atoms with van der Waals surface area (Å²) in [6.45, 7) is 3.07. The number of fused-ring (bicyclic) bond motifs is 1. The molecule has 5 rings (SSSR count). The number of carbonyl (C=O) groups is 2. The number of pyridine rings is 1. The number of morpholine rings is 1. The van der Waals surface area contributed by atoms with Gasteiger partial charge in [0.05, 0.1) is 35.0 Å². The third-order valence-corrected chi connectivity index (χ3v) is 7.79. The Morgan fingerprint density at radius 3 is 2.38 bits per heavy atom. The van der Waals surface area contributed by atoms with Gasteiger partial charge in [-0.1, -0.05) is 47.5 Å². The minimum absolute atomic E-state index is 0.166. The van der Waals surface area contributed by atoms with Crippen LogP contribution in [0.4, 0.5) is 5.69 Å². The van der Waals surface area contributed by atoms with Crippen molar-refractivity contribution >= 4 is 40.7 Å². The molecular weight excluding hydrogens is 543 g/mol. The third-order valence-electron chi connectivity index (χ3n) is 7.06. The molecule has 2 aromatic carbocycles. The smallest absolute Gasteiger partial charge is 0.265 e. The SMILES string of the molecule is CN(C(=O)CN1C(=O)COc2cc(Cl)c(Cl)cc21)C(CN1CCOCC1)c1ccc(-c2cc[n+]([O-])cc2)cc1.